The highest BCUT2D eigenvalue weighted by Crippen LogP contribution is 2.35. The molecule has 7 heteroatoms. The Morgan fingerprint density at radius 2 is 2.19 bits per heavy atom. The van der Waals surface area contributed by atoms with Crippen molar-refractivity contribution in [3.05, 3.63) is 30.1 Å². The van der Waals surface area contributed by atoms with Crippen molar-refractivity contribution in [1.82, 2.24) is 14.9 Å². The van der Waals surface area contributed by atoms with Crippen molar-refractivity contribution in [1.29, 1.82) is 0 Å². The molecule has 2 aromatic rings. The van der Waals surface area contributed by atoms with Gasteiger partial charge >= 0.3 is 0 Å². The molecule has 3 heterocycles. The predicted octanol–water partition coefficient (Wildman–Crippen LogP) is 1.61. The smallest absolute Gasteiger partial charge is 0.248 e. The number of piperidine rings is 1. The molecule has 140 valence electrons. The highest BCUT2D eigenvalue weighted by atomic mass is 16.5. The molecule has 1 aromatic heterocycles. The lowest BCUT2D eigenvalue weighted by molar-refractivity contribution is -0.180. The SMILES string of the molecule is O=C(COCc1nc2ccccc2[nH]1)N1CCC2(CC1)OCCC[C@@H]2O. The largest absolute Gasteiger partial charge is 0.390 e. The van der Waals surface area contributed by atoms with Gasteiger partial charge in [-0.1, -0.05) is 12.1 Å². The number of nitrogens with zero attached hydrogens (tertiary/aromatic N) is 2. The number of ether oxygens (including phenoxy) is 2. The van der Waals surface area contributed by atoms with Crippen molar-refractivity contribution in [3.8, 4) is 0 Å². The van der Waals surface area contributed by atoms with Crippen LogP contribution in [-0.4, -0.2) is 63.9 Å². The van der Waals surface area contributed by atoms with E-state index in [1.165, 1.54) is 0 Å². The number of carbonyl (C=O) groups is 1. The molecule has 1 atom stereocenters. The molecule has 26 heavy (non-hydrogen) atoms. The van der Waals surface area contributed by atoms with Gasteiger partial charge < -0.3 is 24.5 Å². The Balaban J connectivity index is 1.25. The van der Waals surface area contributed by atoms with Crippen LogP contribution in [0.15, 0.2) is 24.3 Å². The molecule has 1 spiro atoms. The average molecular weight is 359 g/mol. The topological polar surface area (TPSA) is 87.7 Å². The van der Waals surface area contributed by atoms with Crippen LogP contribution in [0.1, 0.15) is 31.5 Å². The summed E-state index contributed by atoms with van der Waals surface area (Å²) in [4.78, 5) is 21.8. The van der Waals surface area contributed by atoms with Crippen LogP contribution in [0.3, 0.4) is 0 Å². The zero-order valence-electron chi connectivity index (χ0n) is 14.8. The van der Waals surface area contributed by atoms with E-state index < -0.39 is 11.7 Å². The number of para-hydroxylation sites is 2. The second kappa shape index (κ2) is 7.34. The van der Waals surface area contributed by atoms with E-state index in [0.717, 1.165) is 29.7 Å². The number of rotatable bonds is 4. The number of aliphatic hydroxyl groups is 1. The molecule has 7 nitrogen and oxygen atoms in total. The number of H-pyrrole nitrogens is 1. The van der Waals surface area contributed by atoms with E-state index in [1.807, 2.05) is 24.3 Å². The summed E-state index contributed by atoms with van der Waals surface area (Å²) in [6.45, 7) is 2.22. The Kier molecular flexibility index (Phi) is 4.93. The standard InChI is InChI=1S/C19H25N3O4/c23-16-6-3-11-26-19(16)7-9-22(10-8-19)18(24)13-25-12-17-20-14-4-1-2-5-15(14)21-17/h1-2,4-5,16,23H,3,6-13H2,(H,20,21)/t16-/m0/s1. The monoisotopic (exact) mass is 359 g/mol. The van der Waals surface area contributed by atoms with Crippen LogP contribution in [0.2, 0.25) is 0 Å². The highest BCUT2D eigenvalue weighted by molar-refractivity contribution is 5.77. The maximum absolute atomic E-state index is 12.4. The third-order valence-electron chi connectivity index (χ3n) is 5.48. The third-order valence-corrected chi connectivity index (χ3v) is 5.48. The van der Waals surface area contributed by atoms with Crippen LogP contribution in [0.25, 0.3) is 11.0 Å². The minimum atomic E-state index is -0.454. The number of aromatic nitrogens is 2. The molecular weight excluding hydrogens is 334 g/mol. The van der Waals surface area contributed by atoms with E-state index in [9.17, 15) is 9.90 Å². The summed E-state index contributed by atoms with van der Waals surface area (Å²) in [5.41, 5.74) is 1.40. The van der Waals surface area contributed by atoms with Gasteiger partial charge in [0, 0.05) is 19.7 Å². The number of hydrogen-bond acceptors (Lipinski definition) is 5. The molecule has 2 fully saturated rings. The summed E-state index contributed by atoms with van der Waals surface area (Å²) in [6.07, 6.45) is 2.64. The van der Waals surface area contributed by atoms with E-state index in [1.54, 1.807) is 4.90 Å². The second-order valence-electron chi connectivity index (χ2n) is 7.15. The summed E-state index contributed by atoms with van der Waals surface area (Å²) in [5, 5.41) is 10.3. The molecule has 2 aliphatic heterocycles. The number of carbonyl (C=O) groups excluding carboxylic acids is 1. The van der Waals surface area contributed by atoms with Gasteiger partial charge in [-0.3, -0.25) is 4.79 Å². The lowest BCUT2D eigenvalue weighted by Crippen LogP contribution is -2.56. The summed E-state index contributed by atoms with van der Waals surface area (Å²) >= 11 is 0. The number of amides is 1. The van der Waals surface area contributed by atoms with Crippen molar-refractivity contribution in [2.45, 2.75) is 44.0 Å². The minimum absolute atomic E-state index is 0.0266. The van der Waals surface area contributed by atoms with Crippen LogP contribution in [0.5, 0.6) is 0 Å². The number of benzene rings is 1. The van der Waals surface area contributed by atoms with Gasteiger partial charge in [0.15, 0.2) is 0 Å². The van der Waals surface area contributed by atoms with Crippen LogP contribution >= 0.6 is 0 Å². The van der Waals surface area contributed by atoms with E-state index in [-0.39, 0.29) is 19.1 Å². The number of fused-ring (bicyclic) bond motifs is 1. The fourth-order valence-corrected chi connectivity index (χ4v) is 3.92. The summed E-state index contributed by atoms with van der Waals surface area (Å²) in [5.74, 6) is 0.691. The zero-order valence-corrected chi connectivity index (χ0v) is 14.8. The van der Waals surface area contributed by atoms with Gasteiger partial charge in [-0.25, -0.2) is 4.98 Å². The van der Waals surface area contributed by atoms with Crippen molar-refractivity contribution < 1.29 is 19.4 Å². The van der Waals surface area contributed by atoms with Gasteiger partial charge in [0.1, 0.15) is 19.0 Å². The van der Waals surface area contributed by atoms with Crippen molar-refractivity contribution in [2.75, 3.05) is 26.3 Å². The Morgan fingerprint density at radius 3 is 2.96 bits per heavy atom. The fourth-order valence-electron chi connectivity index (χ4n) is 3.92. The average Bonchev–Trinajstić information content (AvgIpc) is 3.07. The molecule has 1 aromatic carbocycles. The number of nitrogens with one attached hydrogen (secondary N) is 1. The molecule has 1 amide bonds. The van der Waals surface area contributed by atoms with Gasteiger partial charge in [-0.15, -0.1) is 0 Å². The first-order chi connectivity index (χ1) is 12.7. The molecule has 0 unspecified atom stereocenters. The molecule has 2 aliphatic rings. The molecule has 2 saturated heterocycles. The quantitative estimate of drug-likeness (QED) is 0.866. The number of aromatic amines is 1. The van der Waals surface area contributed by atoms with Gasteiger partial charge in [-0.2, -0.15) is 0 Å². The zero-order chi connectivity index (χ0) is 18.0. The van der Waals surface area contributed by atoms with Crippen LogP contribution in [0.4, 0.5) is 0 Å². The summed E-state index contributed by atoms with van der Waals surface area (Å²) < 4.78 is 11.4. The number of likely N-dealkylation sites (tertiary alicyclic amines) is 1. The van der Waals surface area contributed by atoms with Gasteiger partial charge in [0.05, 0.1) is 22.7 Å². The molecule has 2 N–H and O–H groups in total. The van der Waals surface area contributed by atoms with Gasteiger partial charge in [-0.05, 0) is 37.8 Å². The first-order valence-corrected chi connectivity index (χ1v) is 9.27. The number of hydrogen-bond donors (Lipinski definition) is 2. The van der Waals surface area contributed by atoms with E-state index in [0.29, 0.717) is 32.5 Å². The molecule has 0 saturated carbocycles. The Labute approximate surface area is 152 Å². The molecule has 0 radical (unpaired) electrons. The Morgan fingerprint density at radius 1 is 1.38 bits per heavy atom. The maximum atomic E-state index is 12.4. The number of imidazole rings is 1. The maximum Gasteiger partial charge on any atom is 0.248 e. The second-order valence-corrected chi connectivity index (χ2v) is 7.15. The predicted molar refractivity (Wildman–Crippen MR) is 95.5 cm³/mol. The lowest BCUT2D eigenvalue weighted by atomic mass is 9.82. The molecule has 0 aliphatic carbocycles. The van der Waals surface area contributed by atoms with Crippen molar-refractivity contribution >= 4 is 16.9 Å². The molecule has 4 rings (SSSR count). The van der Waals surface area contributed by atoms with Crippen molar-refractivity contribution in [2.24, 2.45) is 0 Å². The summed E-state index contributed by atoms with van der Waals surface area (Å²) in [6, 6.07) is 7.78. The van der Waals surface area contributed by atoms with Gasteiger partial charge in [0.2, 0.25) is 5.91 Å². The lowest BCUT2D eigenvalue weighted by Gasteiger charge is -2.46. The van der Waals surface area contributed by atoms with Crippen LogP contribution in [0, 0.1) is 0 Å². The first kappa shape index (κ1) is 17.5. The summed E-state index contributed by atoms with van der Waals surface area (Å²) in [7, 11) is 0. The molecule has 0 bridgehead atoms. The van der Waals surface area contributed by atoms with Crippen LogP contribution < -0.4 is 0 Å². The molecular formula is C19H25N3O4. The Bertz CT molecular complexity index is 734. The normalized spacial score (nSPS) is 22.8. The Hall–Kier alpha value is -1.96. The fraction of sp³-hybridized carbons (Fsp3) is 0.579. The van der Waals surface area contributed by atoms with Crippen LogP contribution in [-0.2, 0) is 20.9 Å². The van der Waals surface area contributed by atoms with Gasteiger partial charge in [0.25, 0.3) is 0 Å². The third kappa shape index (κ3) is 3.47. The number of aliphatic hydroxyl groups excluding tert-OH is 1. The van der Waals surface area contributed by atoms with E-state index >= 15 is 0 Å². The van der Waals surface area contributed by atoms with E-state index in [4.69, 9.17) is 9.47 Å². The van der Waals surface area contributed by atoms with Crippen molar-refractivity contribution in [3.63, 3.8) is 0 Å². The minimum Gasteiger partial charge on any atom is -0.390 e. The van der Waals surface area contributed by atoms with E-state index in [2.05, 4.69) is 9.97 Å². The highest BCUT2D eigenvalue weighted by Gasteiger charge is 2.44. The first-order valence-electron chi connectivity index (χ1n) is 9.27.